The first-order valence-electron chi connectivity index (χ1n) is 11.7. The zero-order chi connectivity index (χ0) is 21.4. The summed E-state index contributed by atoms with van der Waals surface area (Å²) in [6.45, 7) is 20.8. The molecular formula is C22H46O5Si2. The van der Waals surface area contributed by atoms with Crippen LogP contribution in [0, 0.1) is 10.8 Å². The van der Waals surface area contributed by atoms with Crippen molar-refractivity contribution in [3.8, 4) is 0 Å². The molecule has 0 aliphatic carbocycles. The van der Waals surface area contributed by atoms with Gasteiger partial charge in [-0.25, -0.2) is 0 Å². The molecule has 0 aromatic rings. The summed E-state index contributed by atoms with van der Waals surface area (Å²) < 4.78 is 29.4. The number of rotatable bonds is 16. The van der Waals surface area contributed by atoms with Gasteiger partial charge < -0.3 is 23.1 Å². The topological polar surface area (TPSA) is 46.2 Å². The van der Waals surface area contributed by atoms with E-state index in [1.54, 1.807) is 0 Å². The van der Waals surface area contributed by atoms with Crippen molar-refractivity contribution in [3.05, 3.63) is 0 Å². The predicted octanol–water partition coefficient (Wildman–Crippen LogP) is 5.08. The van der Waals surface area contributed by atoms with Crippen molar-refractivity contribution in [1.29, 1.82) is 0 Å². The Bertz CT molecular complexity index is 423. The zero-order valence-electron chi connectivity index (χ0n) is 19.9. The van der Waals surface area contributed by atoms with Crippen molar-refractivity contribution in [2.75, 3.05) is 52.9 Å². The SMILES string of the molecule is CCC1(COCCC[Si](C)(C)O[Si](C)(C)CCCOCC2(CC)COC2)COC1. The first kappa shape index (κ1) is 25.5. The second kappa shape index (κ2) is 11.2. The molecule has 0 N–H and O–H groups in total. The lowest BCUT2D eigenvalue weighted by atomic mass is 9.84. The van der Waals surface area contributed by atoms with Crippen LogP contribution >= 0.6 is 0 Å². The van der Waals surface area contributed by atoms with Crippen molar-refractivity contribution in [1.82, 2.24) is 0 Å². The van der Waals surface area contributed by atoms with Crippen LogP contribution in [0.4, 0.5) is 0 Å². The quantitative estimate of drug-likeness (QED) is 0.244. The lowest BCUT2D eigenvalue weighted by molar-refractivity contribution is -0.150. The Kier molecular flexibility index (Phi) is 9.85. The summed E-state index contributed by atoms with van der Waals surface area (Å²) in [7, 11) is -3.28. The molecule has 0 aromatic heterocycles. The molecule has 0 unspecified atom stereocenters. The molecule has 0 radical (unpaired) electrons. The van der Waals surface area contributed by atoms with Gasteiger partial charge in [-0.1, -0.05) is 13.8 Å². The van der Waals surface area contributed by atoms with Gasteiger partial charge in [0.2, 0.25) is 0 Å². The molecule has 5 nitrogen and oxygen atoms in total. The fraction of sp³-hybridized carbons (Fsp3) is 1.00. The molecule has 2 aliphatic heterocycles. The Morgan fingerprint density at radius 2 is 1.07 bits per heavy atom. The molecule has 2 fully saturated rings. The van der Waals surface area contributed by atoms with Crippen LogP contribution < -0.4 is 0 Å². The maximum Gasteiger partial charge on any atom is 0.173 e. The highest BCUT2D eigenvalue weighted by Gasteiger charge is 2.38. The molecule has 0 saturated carbocycles. The predicted molar refractivity (Wildman–Crippen MR) is 124 cm³/mol. The fourth-order valence-corrected chi connectivity index (χ4v) is 13.0. The van der Waals surface area contributed by atoms with E-state index < -0.39 is 16.6 Å². The van der Waals surface area contributed by atoms with Gasteiger partial charge in [-0.3, -0.25) is 0 Å². The van der Waals surface area contributed by atoms with E-state index in [0.717, 1.165) is 78.5 Å². The van der Waals surface area contributed by atoms with Crippen molar-refractivity contribution in [2.45, 2.75) is 77.8 Å². The summed E-state index contributed by atoms with van der Waals surface area (Å²) in [4.78, 5) is 0. The van der Waals surface area contributed by atoms with E-state index >= 15 is 0 Å². The molecule has 2 saturated heterocycles. The Balaban J connectivity index is 1.55. The lowest BCUT2D eigenvalue weighted by Gasteiger charge is -2.40. The highest BCUT2D eigenvalue weighted by Crippen LogP contribution is 2.32. The third-order valence-corrected chi connectivity index (χ3v) is 14.2. The Morgan fingerprint density at radius 3 is 1.34 bits per heavy atom. The molecular weight excluding hydrogens is 400 g/mol. The minimum atomic E-state index is -1.64. The van der Waals surface area contributed by atoms with Gasteiger partial charge in [0.25, 0.3) is 0 Å². The molecule has 172 valence electrons. The molecule has 2 aliphatic rings. The van der Waals surface area contributed by atoms with Gasteiger partial charge >= 0.3 is 0 Å². The van der Waals surface area contributed by atoms with Crippen LogP contribution in [0.25, 0.3) is 0 Å². The molecule has 0 bridgehead atoms. The molecule has 7 heteroatoms. The van der Waals surface area contributed by atoms with E-state index in [1.807, 2.05) is 0 Å². The van der Waals surface area contributed by atoms with Crippen molar-refractivity contribution in [3.63, 3.8) is 0 Å². The smallest absolute Gasteiger partial charge is 0.173 e. The van der Waals surface area contributed by atoms with E-state index in [1.165, 1.54) is 12.1 Å². The van der Waals surface area contributed by atoms with Crippen LogP contribution in [0.3, 0.4) is 0 Å². The largest absolute Gasteiger partial charge is 0.455 e. The average Bonchev–Trinajstić information content (AvgIpc) is 2.57. The Hall–Kier alpha value is 0.234. The maximum absolute atomic E-state index is 6.75. The summed E-state index contributed by atoms with van der Waals surface area (Å²) in [5, 5.41) is 0. The normalized spacial score (nSPS) is 20.9. The first-order chi connectivity index (χ1) is 13.7. The molecule has 0 atom stereocenters. The third kappa shape index (κ3) is 8.35. The summed E-state index contributed by atoms with van der Waals surface area (Å²) in [6.07, 6.45) is 4.50. The standard InChI is InChI=1S/C22H46O5Si2/c1-7-21(17-25-18-21)15-23-11-9-13-28(3,4)27-29(5,6)14-10-12-24-16-22(8-2)19-26-20-22/h7-20H2,1-6H3. The second-order valence-electron chi connectivity index (χ2n) is 10.6. The monoisotopic (exact) mass is 446 g/mol. The number of hydrogen-bond acceptors (Lipinski definition) is 5. The summed E-state index contributed by atoms with van der Waals surface area (Å²) in [6, 6.07) is 2.35. The minimum absolute atomic E-state index is 0.294. The average molecular weight is 447 g/mol. The van der Waals surface area contributed by atoms with Gasteiger partial charge in [0, 0.05) is 24.0 Å². The molecule has 29 heavy (non-hydrogen) atoms. The van der Waals surface area contributed by atoms with Gasteiger partial charge in [0.1, 0.15) is 0 Å². The van der Waals surface area contributed by atoms with Gasteiger partial charge in [-0.2, -0.15) is 0 Å². The summed E-state index contributed by atoms with van der Waals surface area (Å²) >= 11 is 0. The molecule has 0 aromatic carbocycles. The van der Waals surface area contributed by atoms with Crippen LogP contribution in [-0.2, 0) is 23.1 Å². The highest BCUT2D eigenvalue weighted by atomic mass is 28.4. The maximum atomic E-state index is 6.75. The van der Waals surface area contributed by atoms with E-state index in [-0.39, 0.29) is 0 Å². The van der Waals surface area contributed by atoms with Crippen LogP contribution in [0.1, 0.15) is 39.5 Å². The fourth-order valence-electron chi connectivity index (χ4n) is 4.19. The Labute approximate surface area is 181 Å². The molecule has 2 rings (SSSR count). The van der Waals surface area contributed by atoms with E-state index in [0.29, 0.717) is 10.8 Å². The van der Waals surface area contributed by atoms with Gasteiger partial charge in [-0.05, 0) is 64.0 Å². The summed E-state index contributed by atoms with van der Waals surface area (Å²) in [5.41, 5.74) is 0.589. The second-order valence-corrected chi connectivity index (χ2v) is 19.5. The van der Waals surface area contributed by atoms with Crippen LogP contribution in [0.15, 0.2) is 0 Å². The van der Waals surface area contributed by atoms with Gasteiger partial charge in [0.15, 0.2) is 16.6 Å². The van der Waals surface area contributed by atoms with E-state index in [9.17, 15) is 0 Å². The van der Waals surface area contributed by atoms with Crippen LogP contribution in [0.5, 0.6) is 0 Å². The van der Waals surface area contributed by atoms with Crippen LogP contribution in [0.2, 0.25) is 38.3 Å². The van der Waals surface area contributed by atoms with Crippen molar-refractivity contribution >= 4 is 16.6 Å². The minimum Gasteiger partial charge on any atom is -0.455 e. The van der Waals surface area contributed by atoms with Crippen LogP contribution in [-0.4, -0.2) is 69.5 Å². The third-order valence-electron chi connectivity index (χ3n) is 6.64. The highest BCUT2D eigenvalue weighted by molar-refractivity contribution is 6.84. The van der Waals surface area contributed by atoms with Crippen molar-refractivity contribution < 1.29 is 23.1 Å². The van der Waals surface area contributed by atoms with Gasteiger partial charge in [-0.15, -0.1) is 0 Å². The van der Waals surface area contributed by atoms with E-state index in [2.05, 4.69) is 40.0 Å². The zero-order valence-corrected chi connectivity index (χ0v) is 21.9. The summed E-state index contributed by atoms with van der Waals surface area (Å²) in [5.74, 6) is 0. The lowest BCUT2D eigenvalue weighted by Crippen LogP contribution is -2.46. The van der Waals surface area contributed by atoms with E-state index in [4.69, 9.17) is 23.1 Å². The molecule has 2 heterocycles. The Morgan fingerprint density at radius 1 is 0.690 bits per heavy atom. The molecule has 0 spiro atoms. The van der Waals surface area contributed by atoms with Crippen molar-refractivity contribution in [2.24, 2.45) is 10.8 Å². The first-order valence-corrected chi connectivity index (χ1v) is 17.9. The number of ether oxygens (including phenoxy) is 4. The number of hydrogen-bond donors (Lipinski definition) is 0. The molecule has 0 amide bonds. The van der Waals surface area contributed by atoms with Gasteiger partial charge in [0.05, 0.1) is 39.6 Å².